The smallest absolute Gasteiger partial charge is 0.340 e. The fraction of sp³-hybridized carbons (Fsp3) is 0.368. The number of benzene rings is 1. The minimum absolute atomic E-state index is 0.164. The minimum atomic E-state index is -0.933. The van der Waals surface area contributed by atoms with Gasteiger partial charge in [0.25, 0.3) is 5.91 Å². The van der Waals surface area contributed by atoms with Crippen LogP contribution in [-0.2, 0) is 16.1 Å². The van der Waals surface area contributed by atoms with Crippen molar-refractivity contribution in [3.05, 3.63) is 41.2 Å². The summed E-state index contributed by atoms with van der Waals surface area (Å²) < 4.78 is 17.9. The lowest BCUT2D eigenvalue weighted by atomic mass is 10.2. The van der Waals surface area contributed by atoms with Crippen LogP contribution in [0.1, 0.15) is 35.6 Å². The molecule has 7 nitrogen and oxygen atoms in total. The molecule has 1 aliphatic rings. The molecular formula is C19H22N2O5. The average Bonchev–Trinajstić information content (AvgIpc) is 3.18. The fourth-order valence-corrected chi connectivity index (χ4v) is 2.99. The Balaban J connectivity index is 1.65. The molecule has 0 fully saturated rings. The summed E-state index contributed by atoms with van der Waals surface area (Å²) in [5, 5.41) is 2.71. The van der Waals surface area contributed by atoms with Crippen molar-refractivity contribution in [2.75, 3.05) is 12.1 Å². The number of amides is 1. The third-order valence-electron chi connectivity index (χ3n) is 4.40. The number of ether oxygens (including phenoxy) is 3. The topological polar surface area (TPSA) is 78.8 Å². The van der Waals surface area contributed by atoms with Gasteiger partial charge in [-0.2, -0.15) is 0 Å². The van der Waals surface area contributed by atoms with Crippen LogP contribution in [0.25, 0.3) is 0 Å². The van der Waals surface area contributed by atoms with E-state index in [1.54, 1.807) is 31.2 Å². The summed E-state index contributed by atoms with van der Waals surface area (Å²) in [6.07, 6.45) is -0.933. The Morgan fingerprint density at radius 2 is 1.96 bits per heavy atom. The molecule has 1 aromatic carbocycles. The number of fused-ring (bicyclic) bond motifs is 1. The second kappa shape index (κ2) is 7.11. The van der Waals surface area contributed by atoms with Gasteiger partial charge in [0.2, 0.25) is 6.79 Å². The number of carbonyl (C=O) groups excluding carboxylic acids is 2. The van der Waals surface area contributed by atoms with E-state index < -0.39 is 18.0 Å². The van der Waals surface area contributed by atoms with Crippen LogP contribution in [0.2, 0.25) is 0 Å². The summed E-state index contributed by atoms with van der Waals surface area (Å²) in [5.74, 6) is 0.279. The van der Waals surface area contributed by atoms with Gasteiger partial charge in [-0.1, -0.05) is 0 Å². The molecule has 0 radical (unpaired) electrons. The quantitative estimate of drug-likeness (QED) is 0.831. The number of rotatable bonds is 5. The van der Waals surface area contributed by atoms with Crippen molar-refractivity contribution < 1.29 is 23.8 Å². The van der Waals surface area contributed by atoms with Gasteiger partial charge in [0.15, 0.2) is 17.6 Å². The van der Waals surface area contributed by atoms with Crippen molar-refractivity contribution in [3.8, 4) is 11.5 Å². The van der Waals surface area contributed by atoms with E-state index in [-0.39, 0.29) is 6.79 Å². The number of esters is 1. The van der Waals surface area contributed by atoms with Crippen molar-refractivity contribution >= 4 is 17.6 Å². The van der Waals surface area contributed by atoms with Gasteiger partial charge in [0.1, 0.15) is 0 Å². The Kier molecular flexibility index (Phi) is 4.88. The van der Waals surface area contributed by atoms with E-state index in [0.717, 1.165) is 17.9 Å². The van der Waals surface area contributed by atoms with Crippen LogP contribution in [0.4, 0.5) is 5.69 Å². The van der Waals surface area contributed by atoms with Crippen molar-refractivity contribution in [2.24, 2.45) is 0 Å². The molecule has 0 unspecified atom stereocenters. The summed E-state index contributed by atoms with van der Waals surface area (Å²) in [7, 11) is 0. The Bertz CT molecular complexity index is 856. The zero-order chi connectivity index (χ0) is 18.8. The first kappa shape index (κ1) is 17.8. The molecular weight excluding hydrogens is 336 g/mol. The maximum atomic E-state index is 12.4. The molecule has 2 heterocycles. The molecule has 7 heteroatoms. The van der Waals surface area contributed by atoms with Crippen LogP contribution >= 0.6 is 0 Å². The highest BCUT2D eigenvalue weighted by atomic mass is 16.7. The first-order valence-corrected chi connectivity index (χ1v) is 8.49. The number of nitrogens with zero attached hydrogens (tertiary/aromatic N) is 1. The van der Waals surface area contributed by atoms with Gasteiger partial charge in [-0.25, -0.2) is 4.79 Å². The fourth-order valence-electron chi connectivity index (χ4n) is 2.99. The summed E-state index contributed by atoms with van der Waals surface area (Å²) >= 11 is 0. The second-order valence-electron chi connectivity index (χ2n) is 6.13. The minimum Gasteiger partial charge on any atom is -0.454 e. The van der Waals surface area contributed by atoms with E-state index in [4.69, 9.17) is 14.2 Å². The zero-order valence-corrected chi connectivity index (χ0v) is 15.3. The van der Waals surface area contributed by atoms with E-state index >= 15 is 0 Å². The first-order valence-electron chi connectivity index (χ1n) is 8.49. The lowest BCUT2D eigenvalue weighted by Crippen LogP contribution is -2.30. The van der Waals surface area contributed by atoms with Crippen molar-refractivity contribution in [1.29, 1.82) is 0 Å². The number of hydrogen-bond donors (Lipinski definition) is 1. The Hall–Kier alpha value is -2.96. The molecule has 0 saturated heterocycles. The zero-order valence-electron chi connectivity index (χ0n) is 15.3. The third kappa shape index (κ3) is 3.37. The number of anilines is 1. The van der Waals surface area contributed by atoms with Crippen LogP contribution in [0.5, 0.6) is 11.5 Å². The number of aromatic nitrogens is 1. The standard InChI is InChI=1S/C19H22N2O5/c1-5-21-11(2)8-15(12(21)3)19(23)26-13(4)18(22)20-14-6-7-16-17(9-14)25-10-24-16/h6-9,13H,5,10H2,1-4H3,(H,20,22)/t13-/m1/s1. The van der Waals surface area contributed by atoms with Gasteiger partial charge >= 0.3 is 5.97 Å². The highest BCUT2D eigenvalue weighted by Gasteiger charge is 2.23. The molecule has 1 atom stereocenters. The number of hydrogen-bond acceptors (Lipinski definition) is 5. The van der Waals surface area contributed by atoms with Crippen LogP contribution < -0.4 is 14.8 Å². The lowest BCUT2D eigenvalue weighted by Gasteiger charge is -2.14. The van der Waals surface area contributed by atoms with Gasteiger partial charge in [0.05, 0.1) is 5.56 Å². The molecule has 26 heavy (non-hydrogen) atoms. The van der Waals surface area contributed by atoms with Crippen LogP contribution in [0.15, 0.2) is 24.3 Å². The first-order chi connectivity index (χ1) is 12.4. The van der Waals surface area contributed by atoms with Gasteiger partial charge in [-0.05, 0) is 45.9 Å². The Morgan fingerprint density at radius 1 is 1.23 bits per heavy atom. The van der Waals surface area contributed by atoms with E-state index in [2.05, 4.69) is 5.32 Å². The molecule has 1 amide bonds. The van der Waals surface area contributed by atoms with Crippen LogP contribution in [0, 0.1) is 13.8 Å². The number of aryl methyl sites for hydroxylation is 1. The van der Waals surface area contributed by atoms with Crippen molar-refractivity contribution in [2.45, 2.75) is 40.3 Å². The molecule has 0 bridgehead atoms. The summed E-state index contributed by atoms with van der Waals surface area (Å²) in [5.41, 5.74) is 2.84. The Labute approximate surface area is 151 Å². The normalized spacial score (nSPS) is 13.4. The second-order valence-corrected chi connectivity index (χ2v) is 6.13. The molecule has 3 rings (SSSR count). The van der Waals surface area contributed by atoms with Gasteiger partial charge in [-0.15, -0.1) is 0 Å². The predicted octanol–water partition coefficient (Wildman–Crippen LogP) is 3.04. The molecule has 0 aliphatic carbocycles. The predicted molar refractivity (Wildman–Crippen MR) is 95.7 cm³/mol. The number of carbonyl (C=O) groups is 2. The van der Waals surface area contributed by atoms with Crippen molar-refractivity contribution in [1.82, 2.24) is 4.57 Å². The highest BCUT2D eigenvalue weighted by molar-refractivity contribution is 5.98. The van der Waals surface area contributed by atoms with Crippen molar-refractivity contribution in [3.63, 3.8) is 0 Å². The SMILES string of the molecule is CCn1c(C)cc(C(=O)O[C@H](C)C(=O)Nc2ccc3c(c2)OCO3)c1C. The van der Waals surface area contributed by atoms with Gasteiger partial charge in [0, 0.05) is 29.7 Å². The highest BCUT2D eigenvalue weighted by Crippen LogP contribution is 2.34. The molecule has 2 aromatic rings. The molecule has 0 saturated carbocycles. The maximum Gasteiger partial charge on any atom is 0.340 e. The van der Waals surface area contributed by atoms with Crippen LogP contribution in [-0.4, -0.2) is 29.3 Å². The Morgan fingerprint density at radius 3 is 2.65 bits per heavy atom. The average molecular weight is 358 g/mol. The molecule has 0 spiro atoms. The van der Waals surface area contributed by atoms with E-state index in [0.29, 0.717) is 22.7 Å². The largest absolute Gasteiger partial charge is 0.454 e. The monoisotopic (exact) mass is 358 g/mol. The van der Waals surface area contributed by atoms with Gasteiger partial charge < -0.3 is 24.1 Å². The molecule has 1 N–H and O–H groups in total. The van der Waals surface area contributed by atoms with E-state index in [9.17, 15) is 9.59 Å². The molecule has 138 valence electrons. The summed E-state index contributed by atoms with van der Waals surface area (Å²) in [4.78, 5) is 24.7. The van der Waals surface area contributed by atoms with Gasteiger partial charge in [-0.3, -0.25) is 4.79 Å². The van der Waals surface area contributed by atoms with Crippen LogP contribution in [0.3, 0.4) is 0 Å². The summed E-state index contributed by atoms with van der Waals surface area (Å²) in [6, 6.07) is 6.87. The third-order valence-corrected chi connectivity index (χ3v) is 4.40. The lowest BCUT2D eigenvalue weighted by molar-refractivity contribution is -0.123. The molecule has 1 aliphatic heterocycles. The molecule has 1 aromatic heterocycles. The summed E-state index contributed by atoms with van der Waals surface area (Å²) in [6.45, 7) is 8.28. The van der Waals surface area contributed by atoms with E-state index in [1.165, 1.54) is 0 Å². The van der Waals surface area contributed by atoms with E-state index in [1.807, 2.05) is 25.3 Å². The maximum absolute atomic E-state index is 12.4. The number of nitrogens with one attached hydrogen (secondary N) is 1.